The summed E-state index contributed by atoms with van der Waals surface area (Å²) in [5.41, 5.74) is 9.20. The van der Waals surface area contributed by atoms with Crippen molar-refractivity contribution in [2.75, 3.05) is 19.8 Å². The fourth-order valence-corrected chi connectivity index (χ4v) is 1.86. The molecule has 0 fully saturated rings. The second kappa shape index (κ2) is 6.66. The zero-order valence-corrected chi connectivity index (χ0v) is 10.6. The molecule has 0 radical (unpaired) electrons. The lowest BCUT2D eigenvalue weighted by Gasteiger charge is -2.05. The molecule has 1 heterocycles. The summed E-state index contributed by atoms with van der Waals surface area (Å²) in [5, 5.41) is 4.51. The Kier molecular flexibility index (Phi) is 5.49. The van der Waals surface area contributed by atoms with Gasteiger partial charge in [-0.25, -0.2) is 0 Å². The highest BCUT2D eigenvalue weighted by Crippen LogP contribution is 2.13. The van der Waals surface area contributed by atoms with Crippen molar-refractivity contribution < 1.29 is 4.74 Å². The first-order chi connectivity index (χ1) is 7.70. The fraction of sp³-hybridized carbons (Fsp3) is 0.750. The van der Waals surface area contributed by atoms with Gasteiger partial charge in [0, 0.05) is 12.3 Å². The van der Waals surface area contributed by atoms with Gasteiger partial charge in [-0.1, -0.05) is 6.92 Å². The number of hydrogen-bond acceptors (Lipinski definition) is 3. The zero-order chi connectivity index (χ0) is 12.0. The molecule has 4 heteroatoms. The van der Waals surface area contributed by atoms with Gasteiger partial charge < -0.3 is 10.5 Å². The third-order valence-corrected chi connectivity index (χ3v) is 2.72. The van der Waals surface area contributed by atoms with Crippen LogP contribution in [-0.2, 0) is 17.7 Å². The molecular formula is C12H23N3O. The van der Waals surface area contributed by atoms with Gasteiger partial charge >= 0.3 is 0 Å². The molecule has 0 spiro atoms. The van der Waals surface area contributed by atoms with Crippen molar-refractivity contribution in [2.24, 2.45) is 5.73 Å². The van der Waals surface area contributed by atoms with Gasteiger partial charge in [-0.05, 0) is 38.8 Å². The van der Waals surface area contributed by atoms with E-state index in [4.69, 9.17) is 10.5 Å². The van der Waals surface area contributed by atoms with Crippen molar-refractivity contribution in [3.8, 4) is 0 Å². The minimum atomic E-state index is 0.680. The van der Waals surface area contributed by atoms with Crippen LogP contribution in [0.2, 0.25) is 0 Å². The van der Waals surface area contributed by atoms with E-state index in [1.165, 1.54) is 11.3 Å². The van der Waals surface area contributed by atoms with E-state index >= 15 is 0 Å². The molecule has 1 aromatic rings. The summed E-state index contributed by atoms with van der Waals surface area (Å²) in [6, 6.07) is 0. The lowest BCUT2D eigenvalue weighted by Crippen LogP contribution is -2.10. The highest BCUT2D eigenvalue weighted by molar-refractivity contribution is 5.24. The molecule has 4 nitrogen and oxygen atoms in total. The average Bonchev–Trinajstić information content (AvgIpc) is 2.53. The molecule has 1 aromatic heterocycles. The van der Waals surface area contributed by atoms with Crippen molar-refractivity contribution >= 4 is 0 Å². The Hall–Kier alpha value is -0.870. The number of hydrogen-bond donors (Lipinski definition) is 1. The lowest BCUT2D eigenvalue weighted by atomic mass is 10.1. The summed E-state index contributed by atoms with van der Waals surface area (Å²) in [6.07, 6.45) is 1.98. The lowest BCUT2D eigenvalue weighted by molar-refractivity contribution is 0.124. The molecule has 2 N–H and O–H groups in total. The summed E-state index contributed by atoms with van der Waals surface area (Å²) in [4.78, 5) is 0. The van der Waals surface area contributed by atoms with Crippen LogP contribution in [-0.4, -0.2) is 29.5 Å². The van der Waals surface area contributed by atoms with Crippen LogP contribution in [0.15, 0.2) is 0 Å². The van der Waals surface area contributed by atoms with E-state index in [0.717, 1.165) is 38.3 Å². The molecule has 0 aliphatic rings. The van der Waals surface area contributed by atoms with Crippen LogP contribution < -0.4 is 5.73 Å². The minimum absolute atomic E-state index is 0.680. The monoisotopic (exact) mass is 225 g/mol. The van der Waals surface area contributed by atoms with E-state index in [-0.39, 0.29) is 0 Å². The van der Waals surface area contributed by atoms with Crippen molar-refractivity contribution in [3.05, 3.63) is 17.0 Å². The number of rotatable bonds is 7. The van der Waals surface area contributed by atoms with Gasteiger partial charge in [-0.3, -0.25) is 4.68 Å². The zero-order valence-electron chi connectivity index (χ0n) is 10.6. The largest absolute Gasteiger partial charge is 0.380 e. The van der Waals surface area contributed by atoms with E-state index in [2.05, 4.69) is 18.9 Å². The molecule has 0 atom stereocenters. The van der Waals surface area contributed by atoms with Crippen LogP contribution in [0.3, 0.4) is 0 Å². The average molecular weight is 225 g/mol. The SMILES string of the molecule is CCCOCCn1nc(C)c(CCN)c1C. The van der Waals surface area contributed by atoms with Crippen molar-refractivity contribution in [2.45, 2.75) is 40.2 Å². The number of nitrogens with two attached hydrogens (primary N) is 1. The van der Waals surface area contributed by atoms with Crippen molar-refractivity contribution in [1.82, 2.24) is 9.78 Å². The fourth-order valence-electron chi connectivity index (χ4n) is 1.86. The van der Waals surface area contributed by atoms with E-state index in [0.29, 0.717) is 6.54 Å². The Bertz CT molecular complexity index is 320. The number of aryl methyl sites for hydroxylation is 1. The molecule has 92 valence electrons. The predicted molar refractivity (Wildman–Crippen MR) is 65.6 cm³/mol. The third kappa shape index (κ3) is 3.32. The summed E-state index contributed by atoms with van der Waals surface area (Å²) in [5.74, 6) is 0. The van der Waals surface area contributed by atoms with Gasteiger partial charge in [0.15, 0.2) is 0 Å². The van der Waals surface area contributed by atoms with Crippen LogP contribution in [0.4, 0.5) is 0 Å². The molecule has 0 unspecified atom stereocenters. The summed E-state index contributed by atoms with van der Waals surface area (Å²) < 4.78 is 7.49. The maximum absolute atomic E-state index is 5.59. The van der Waals surface area contributed by atoms with E-state index < -0.39 is 0 Å². The number of aromatic nitrogens is 2. The van der Waals surface area contributed by atoms with Gasteiger partial charge in [0.25, 0.3) is 0 Å². The highest BCUT2D eigenvalue weighted by atomic mass is 16.5. The maximum atomic E-state index is 5.59. The van der Waals surface area contributed by atoms with E-state index in [1.54, 1.807) is 0 Å². The van der Waals surface area contributed by atoms with Gasteiger partial charge in [-0.15, -0.1) is 0 Å². The first-order valence-corrected chi connectivity index (χ1v) is 6.01. The van der Waals surface area contributed by atoms with Crippen LogP contribution in [0.5, 0.6) is 0 Å². The number of nitrogens with zero attached hydrogens (tertiary/aromatic N) is 2. The first-order valence-electron chi connectivity index (χ1n) is 6.01. The van der Waals surface area contributed by atoms with Gasteiger partial charge in [-0.2, -0.15) is 5.10 Å². The van der Waals surface area contributed by atoms with Crippen LogP contribution in [0.1, 0.15) is 30.3 Å². The van der Waals surface area contributed by atoms with Crippen LogP contribution >= 0.6 is 0 Å². The first kappa shape index (κ1) is 13.2. The predicted octanol–water partition coefficient (Wildman–Crippen LogP) is 1.43. The van der Waals surface area contributed by atoms with Gasteiger partial charge in [0.1, 0.15) is 0 Å². The molecule has 16 heavy (non-hydrogen) atoms. The molecule has 0 saturated heterocycles. The molecule has 0 saturated carbocycles. The van der Waals surface area contributed by atoms with Crippen LogP contribution in [0.25, 0.3) is 0 Å². The van der Waals surface area contributed by atoms with Gasteiger partial charge in [0.05, 0.1) is 18.8 Å². The summed E-state index contributed by atoms with van der Waals surface area (Å²) in [6.45, 7) is 9.33. The van der Waals surface area contributed by atoms with Crippen LogP contribution in [0, 0.1) is 13.8 Å². The standard InChI is InChI=1S/C12H23N3O/c1-4-8-16-9-7-15-11(3)12(5-6-13)10(2)14-15/h4-9,13H2,1-3H3. The molecule has 0 aromatic carbocycles. The molecule has 0 bridgehead atoms. The van der Waals surface area contributed by atoms with Crippen molar-refractivity contribution in [3.63, 3.8) is 0 Å². The molecule has 0 aliphatic carbocycles. The second-order valence-electron chi connectivity index (χ2n) is 4.02. The number of ether oxygens (including phenoxy) is 1. The minimum Gasteiger partial charge on any atom is -0.380 e. The third-order valence-electron chi connectivity index (χ3n) is 2.72. The Balaban J connectivity index is 2.56. The summed E-state index contributed by atoms with van der Waals surface area (Å²) >= 11 is 0. The smallest absolute Gasteiger partial charge is 0.0662 e. The highest BCUT2D eigenvalue weighted by Gasteiger charge is 2.09. The normalized spacial score (nSPS) is 11.0. The van der Waals surface area contributed by atoms with E-state index in [1.807, 2.05) is 11.6 Å². The Morgan fingerprint density at radius 3 is 2.69 bits per heavy atom. The maximum Gasteiger partial charge on any atom is 0.0662 e. The molecule has 0 aliphatic heterocycles. The van der Waals surface area contributed by atoms with Crippen molar-refractivity contribution in [1.29, 1.82) is 0 Å². The van der Waals surface area contributed by atoms with E-state index in [9.17, 15) is 0 Å². The topological polar surface area (TPSA) is 53.1 Å². The Labute approximate surface area is 97.8 Å². The quantitative estimate of drug-likeness (QED) is 0.714. The van der Waals surface area contributed by atoms with Gasteiger partial charge in [0.2, 0.25) is 0 Å². The molecular weight excluding hydrogens is 202 g/mol. The summed E-state index contributed by atoms with van der Waals surface area (Å²) in [7, 11) is 0. The molecule has 1 rings (SSSR count). The Morgan fingerprint density at radius 2 is 2.06 bits per heavy atom. The molecule has 0 amide bonds. The Morgan fingerprint density at radius 1 is 1.31 bits per heavy atom. The second-order valence-corrected chi connectivity index (χ2v) is 4.02.